The topological polar surface area (TPSA) is 51.3 Å². The summed E-state index contributed by atoms with van der Waals surface area (Å²) in [4.78, 5) is 8.70. The van der Waals surface area contributed by atoms with Gasteiger partial charge in [0.15, 0.2) is 11.0 Å². The number of hydrogen-bond acceptors (Lipinski definition) is 3. The Morgan fingerprint density at radius 3 is 2.67 bits per heavy atom. The minimum absolute atomic E-state index is 0.527. The van der Waals surface area contributed by atoms with Crippen LogP contribution in [-0.4, -0.2) is 16.4 Å². The molecule has 1 heterocycles. The zero-order valence-electron chi connectivity index (χ0n) is 10.2. The Kier molecular flexibility index (Phi) is 4.36. The first-order valence-electron chi connectivity index (χ1n) is 5.66. The molecule has 2 N–H and O–H groups in total. The summed E-state index contributed by atoms with van der Waals surface area (Å²) in [6.07, 6.45) is 2.70. The van der Waals surface area contributed by atoms with E-state index >= 15 is 0 Å². The Morgan fingerprint density at radius 2 is 1.94 bits per heavy atom. The molecule has 0 amide bonds. The van der Waals surface area contributed by atoms with Gasteiger partial charge in [-0.3, -0.25) is 0 Å². The molecule has 18 heavy (non-hydrogen) atoms. The first kappa shape index (κ1) is 12.6. The van der Waals surface area contributed by atoms with Gasteiger partial charge in [-0.05, 0) is 24.0 Å². The molecule has 0 aliphatic carbocycles. The van der Waals surface area contributed by atoms with Crippen molar-refractivity contribution in [3.63, 3.8) is 0 Å². The van der Waals surface area contributed by atoms with Crippen LogP contribution in [0.5, 0.6) is 0 Å². The van der Waals surface area contributed by atoms with Crippen molar-refractivity contribution in [3.05, 3.63) is 59.8 Å². The summed E-state index contributed by atoms with van der Waals surface area (Å²) in [5, 5.41) is 0.527. The number of nitrogens with two attached hydrogens (primary N) is 1. The van der Waals surface area contributed by atoms with Crippen LogP contribution < -0.4 is 5.73 Å². The molecule has 2 aromatic rings. The SMILES string of the molecule is CSC(N)=Nc1cccc(Cc2ccccc2)n1. The third-order valence-corrected chi connectivity index (χ3v) is 2.96. The number of aliphatic imine (C=N–C) groups is 1. The Hall–Kier alpha value is -1.81. The van der Waals surface area contributed by atoms with E-state index in [2.05, 4.69) is 22.1 Å². The fourth-order valence-electron chi connectivity index (χ4n) is 1.59. The van der Waals surface area contributed by atoms with Gasteiger partial charge in [-0.15, -0.1) is 0 Å². The molecule has 3 nitrogen and oxygen atoms in total. The highest BCUT2D eigenvalue weighted by molar-refractivity contribution is 8.13. The van der Waals surface area contributed by atoms with Gasteiger partial charge in [-0.2, -0.15) is 0 Å². The summed E-state index contributed by atoms with van der Waals surface area (Å²) in [7, 11) is 0. The lowest BCUT2D eigenvalue weighted by Crippen LogP contribution is -2.04. The van der Waals surface area contributed by atoms with E-state index in [-0.39, 0.29) is 0 Å². The quantitative estimate of drug-likeness (QED) is 0.679. The fraction of sp³-hybridized carbons (Fsp3) is 0.143. The van der Waals surface area contributed by atoms with E-state index in [1.54, 1.807) is 0 Å². The highest BCUT2D eigenvalue weighted by Gasteiger charge is 1.99. The highest BCUT2D eigenvalue weighted by atomic mass is 32.2. The molecule has 0 atom stereocenters. The van der Waals surface area contributed by atoms with Gasteiger partial charge in [-0.1, -0.05) is 48.2 Å². The molecule has 92 valence electrons. The maximum absolute atomic E-state index is 5.68. The van der Waals surface area contributed by atoms with Gasteiger partial charge in [-0.25, -0.2) is 9.98 Å². The molecule has 0 unspecified atom stereocenters. The van der Waals surface area contributed by atoms with E-state index in [0.717, 1.165) is 12.1 Å². The summed E-state index contributed by atoms with van der Waals surface area (Å²) >= 11 is 1.42. The number of hydrogen-bond donors (Lipinski definition) is 1. The number of pyridine rings is 1. The molecule has 0 saturated heterocycles. The summed E-state index contributed by atoms with van der Waals surface area (Å²) in [6, 6.07) is 16.1. The van der Waals surface area contributed by atoms with E-state index < -0.39 is 0 Å². The van der Waals surface area contributed by atoms with Gasteiger partial charge in [0.2, 0.25) is 0 Å². The van der Waals surface area contributed by atoms with Crippen LogP contribution in [0.1, 0.15) is 11.3 Å². The second-order valence-electron chi connectivity index (χ2n) is 3.80. The molecular weight excluding hydrogens is 242 g/mol. The zero-order chi connectivity index (χ0) is 12.8. The third kappa shape index (κ3) is 3.60. The summed E-state index contributed by atoms with van der Waals surface area (Å²) in [5.41, 5.74) is 7.92. The van der Waals surface area contributed by atoms with E-state index in [4.69, 9.17) is 5.73 Å². The fourth-order valence-corrected chi connectivity index (χ4v) is 1.78. The predicted octanol–water partition coefficient (Wildman–Crippen LogP) is 2.98. The number of thioether (sulfide) groups is 1. The minimum atomic E-state index is 0.527. The second-order valence-corrected chi connectivity index (χ2v) is 4.63. The number of rotatable bonds is 3. The minimum Gasteiger partial charge on any atom is -0.378 e. The van der Waals surface area contributed by atoms with Gasteiger partial charge in [0.25, 0.3) is 0 Å². The molecule has 0 fully saturated rings. The smallest absolute Gasteiger partial charge is 0.160 e. The third-order valence-electron chi connectivity index (χ3n) is 2.45. The number of nitrogens with zero attached hydrogens (tertiary/aromatic N) is 2. The zero-order valence-corrected chi connectivity index (χ0v) is 11.0. The lowest BCUT2D eigenvalue weighted by atomic mass is 10.1. The summed E-state index contributed by atoms with van der Waals surface area (Å²) in [6.45, 7) is 0. The van der Waals surface area contributed by atoms with Crippen LogP contribution in [0.3, 0.4) is 0 Å². The Labute approximate surface area is 111 Å². The van der Waals surface area contributed by atoms with E-state index in [0.29, 0.717) is 11.0 Å². The molecule has 1 aromatic heterocycles. The number of amidine groups is 1. The van der Waals surface area contributed by atoms with Gasteiger partial charge >= 0.3 is 0 Å². The van der Waals surface area contributed by atoms with Crippen molar-refractivity contribution in [1.29, 1.82) is 0 Å². The molecule has 0 radical (unpaired) electrons. The van der Waals surface area contributed by atoms with Crippen molar-refractivity contribution < 1.29 is 0 Å². The monoisotopic (exact) mass is 257 g/mol. The van der Waals surface area contributed by atoms with Crippen molar-refractivity contribution in [3.8, 4) is 0 Å². The van der Waals surface area contributed by atoms with Gasteiger partial charge in [0.05, 0.1) is 0 Å². The normalized spacial score (nSPS) is 11.5. The summed E-state index contributed by atoms with van der Waals surface area (Å²) < 4.78 is 0. The lowest BCUT2D eigenvalue weighted by molar-refractivity contribution is 1.07. The molecule has 0 aliphatic heterocycles. The van der Waals surface area contributed by atoms with Gasteiger partial charge in [0.1, 0.15) is 0 Å². The van der Waals surface area contributed by atoms with Crippen LogP contribution in [0.4, 0.5) is 5.82 Å². The summed E-state index contributed by atoms with van der Waals surface area (Å²) in [5.74, 6) is 0.662. The molecule has 0 saturated carbocycles. The maximum Gasteiger partial charge on any atom is 0.160 e. The van der Waals surface area contributed by atoms with Crippen molar-refractivity contribution in [2.75, 3.05) is 6.26 Å². The van der Waals surface area contributed by atoms with Crippen molar-refractivity contribution in [2.45, 2.75) is 6.42 Å². The average molecular weight is 257 g/mol. The van der Waals surface area contributed by atoms with E-state index in [1.165, 1.54) is 17.3 Å². The second kappa shape index (κ2) is 6.21. The van der Waals surface area contributed by atoms with E-state index in [9.17, 15) is 0 Å². The molecule has 4 heteroatoms. The van der Waals surface area contributed by atoms with Crippen LogP contribution in [0, 0.1) is 0 Å². The van der Waals surface area contributed by atoms with Crippen LogP contribution in [0.2, 0.25) is 0 Å². The Bertz CT molecular complexity index is 538. The average Bonchev–Trinajstić information content (AvgIpc) is 2.40. The van der Waals surface area contributed by atoms with Crippen molar-refractivity contribution in [2.24, 2.45) is 10.7 Å². The van der Waals surface area contributed by atoms with Crippen LogP contribution in [-0.2, 0) is 6.42 Å². The van der Waals surface area contributed by atoms with Gasteiger partial charge < -0.3 is 5.73 Å². The van der Waals surface area contributed by atoms with Crippen LogP contribution in [0.15, 0.2) is 53.5 Å². The largest absolute Gasteiger partial charge is 0.378 e. The predicted molar refractivity (Wildman–Crippen MR) is 78.3 cm³/mol. The first-order valence-corrected chi connectivity index (χ1v) is 6.88. The van der Waals surface area contributed by atoms with Crippen LogP contribution >= 0.6 is 11.8 Å². The Balaban J connectivity index is 2.18. The molecule has 0 bridgehead atoms. The van der Waals surface area contributed by atoms with E-state index in [1.807, 2.05) is 42.7 Å². The van der Waals surface area contributed by atoms with Gasteiger partial charge in [0, 0.05) is 12.1 Å². The molecule has 1 aromatic carbocycles. The molecule has 0 aliphatic rings. The molecular formula is C14H15N3S. The Morgan fingerprint density at radius 1 is 1.17 bits per heavy atom. The highest BCUT2D eigenvalue weighted by Crippen LogP contribution is 2.13. The number of benzene rings is 1. The van der Waals surface area contributed by atoms with Crippen molar-refractivity contribution >= 4 is 22.7 Å². The number of aromatic nitrogens is 1. The maximum atomic E-state index is 5.68. The van der Waals surface area contributed by atoms with Crippen molar-refractivity contribution in [1.82, 2.24) is 4.98 Å². The van der Waals surface area contributed by atoms with Crippen LogP contribution in [0.25, 0.3) is 0 Å². The lowest BCUT2D eigenvalue weighted by Gasteiger charge is -2.02. The molecule has 0 spiro atoms. The standard InChI is InChI=1S/C14H15N3S/c1-18-14(15)17-13-9-5-8-12(16-13)10-11-6-3-2-4-7-11/h2-9H,10H2,1H3,(H2,15,16,17). The molecule has 2 rings (SSSR count). The first-order chi connectivity index (χ1) is 8.78.